The predicted octanol–water partition coefficient (Wildman–Crippen LogP) is 3.67. The molecule has 0 unspecified atom stereocenters. The van der Waals surface area contributed by atoms with Gasteiger partial charge in [-0.1, -0.05) is 46.9 Å². The first-order chi connectivity index (χ1) is 12.5. The summed E-state index contributed by atoms with van der Waals surface area (Å²) in [6.45, 7) is 0. The molecule has 7 nitrogen and oxygen atoms in total. The van der Waals surface area contributed by atoms with Crippen molar-refractivity contribution in [1.82, 2.24) is 0 Å². The molecule has 27 heavy (non-hydrogen) atoms. The Morgan fingerprint density at radius 3 is 2.30 bits per heavy atom. The van der Waals surface area contributed by atoms with E-state index in [1.807, 2.05) is 0 Å². The van der Waals surface area contributed by atoms with Crippen LogP contribution in [0.25, 0.3) is 0 Å². The molecular weight excluding hydrogens is 441 g/mol. The van der Waals surface area contributed by atoms with Crippen LogP contribution in [0.2, 0.25) is 15.1 Å². The van der Waals surface area contributed by atoms with Crippen LogP contribution >= 0.6 is 34.8 Å². The van der Waals surface area contributed by atoms with Gasteiger partial charge in [0, 0.05) is 11.3 Å². The van der Waals surface area contributed by atoms with Crippen molar-refractivity contribution in [3.05, 3.63) is 57.0 Å². The van der Waals surface area contributed by atoms with Crippen LogP contribution in [-0.2, 0) is 19.6 Å². The van der Waals surface area contributed by atoms with Gasteiger partial charge in [0.15, 0.2) is 5.78 Å². The summed E-state index contributed by atoms with van der Waals surface area (Å²) in [5.74, 6) is -3.76. The summed E-state index contributed by atoms with van der Waals surface area (Å²) in [5, 5.41) is 8.24. The van der Waals surface area contributed by atoms with Crippen LogP contribution in [0.15, 0.2) is 41.3 Å². The maximum atomic E-state index is 12.5. The predicted molar refractivity (Wildman–Crippen MR) is 100 cm³/mol. The third kappa shape index (κ3) is 4.98. The van der Waals surface area contributed by atoms with Crippen LogP contribution in [0, 0.1) is 0 Å². The highest BCUT2D eigenvalue weighted by atomic mass is 35.5. The molecule has 0 heterocycles. The first-order valence-corrected chi connectivity index (χ1v) is 9.70. The zero-order valence-corrected chi connectivity index (χ0v) is 16.3. The minimum absolute atomic E-state index is 0.00534. The van der Waals surface area contributed by atoms with Gasteiger partial charge in [-0.2, -0.15) is 0 Å². The van der Waals surface area contributed by atoms with E-state index in [0.29, 0.717) is 0 Å². The highest BCUT2D eigenvalue weighted by Crippen LogP contribution is 2.35. The summed E-state index contributed by atoms with van der Waals surface area (Å²) in [6.07, 6.45) is -0.843. The van der Waals surface area contributed by atoms with Gasteiger partial charge in [0.2, 0.25) is 5.78 Å². The number of ketones is 2. The molecule has 0 aliphatic carbocycles. The molecule has 142 valence electrons. The Morgan fingerprint density at radius 2 is 1.67 bits per heavy atom. The van der Waals surface area contributed by atoms with Crippen molar-refractivity contribution in [2.45, 2.75) is 11.3 Å². The number of anilines is 1. The number of benzene rings is 2. The number of hydrogen-bond acceptors (Lipinski definition) is 5. The van der Waals surface area contributed by atoms with Crippen molar-refractivity contribution in [2.24, 2.45) is 0 Å². The molecule has 0 aromatic heterocycles. The van der Waals surface area contributed by atoms with Gasteiger partial charge in [0.1, 0.15) is 4.90 Å². The van der Waals surface area contributed by atoms with E-state index in [-0.39, 0.29) is 31.2 Å². The Hall–Kier alpha value is -2.13. The lowest BCUT2D eigenvalue weighted by atomic mass is 10.1. The zero-order chi connectivity index (χ0) is 20.4. The van der Waals surface area contributed by atoms with E-state index in [4.69, 9.17) is 39.9 Å². The monoisotopic (exact) mass is 449 g/mol. The maximum Gasteiger partial charge on any atom is 0.372 e. The third-order valence-corrected chi connectivity index (χ3v) is 6.12. The van der Waals surface area contributed by atoms with Crippen molar-refractivity contribution in [3.63, 3.8) is 0 Å². The van der Waals surface area contributed by atoms with Gasteiger partial charge in [-0.15, -0.1) is 0 Å². The molecule has 2 rings (SSSR count). The smallest absolute Gasteiger partial charge is 0.372 e. The Morgan fingerprint density at radius 1 is 1.00 bits per heavy atom. The number of carboxylic acids is 1. The number of aliphatic carboxylic acids is 1. The Bertz CT molecular complexity index is 1050. The molecule has 0 saturated heterocycles. The van der Waals surface area contributed by atoms with Crippen molar-refractivity contribution in [1.29, 1.82) is 0 Å². The molecule has 0 amide bonds. The van der Waals surface area contributed by atoms with Crippen LogP contribution in [0.5, 0.6) is 0 Å². The van der Waals surface area contributed by atoms with Crippen molar-refractivity contribution >= 4 is 68.0 Å². The lowest BCUT2D eigenvalue weighted by Crippen LogP contribution is -2.17. The molecule has 0 aliphatic heterocycles. The van der Waals surface area contributed by atoms with Gasteiger partial charge in [-0.05, 0) is 24.3 Å². The van der Waals surface area contributed by atoms with Crippen LogP contribution < -0.4 is 4.72 Å². The number of carbonyl (C=O) groups excluding carboxylic acids is 2. The summed E-state index contributed by atoms with van der Waals surface area (Å²) in [6, 6.07) is 7.65. The van der Waals surface area contributed by atoms with Crippen LogP contribution in [-0.4, -0.2) is 31.1 Å². The van der Waals surface area contributed by atoms with Gasteiger partial charge in [-0.3, -0.25) is 14.3 Å². The fourth-order valence-corrected chi connectivity index (χ4v) is 4.03. The Balaban J connectivity index is 2.30. The molecule has 0 bridgehead atoms. The lowest BCUT2D eigenvalue weighted by Gasteiger charge is -2.11. The zero-order valence-electron chi connectivity index (χ0n) is 13.2. The summed E-state index contributed by atoms with van der Waals surface area (Å²) in [7, 11) is -4.16. The fourth-order valence-electron chi connectivity index (χ4n) is 2.01. The molecule has 2 aromatic rings. The molecule has 0 aliphatic rings. The Labute approximate surface area is 168 Å². The molecule has 0 radical (unpaired) electrons. The number of Topliss-reactive ketones (excluding diaryl/α,β-unsaturated/α-hetero) is 2. The van der Waals surface area contributed by atoms with Crippen LogP contribution in [0.1, 0.15) is 16.8 Å². The summed E-state index contributed by atoms with van der Waals surface area (Å²) in [4.78, 5) is 33.3. The number of sulfonamides is 1. The molecule has 0 spiro atoms. The Kier molecular flexibility index (Phi) is 6.48. The van der Waals surface area contributed by atoms with Gasteiger partial charge in [0.05, 0.1) is 21.5 Å². The number of rotatable bonds is 7. The van der Waals surface area contributed by atoms with Crippen molar-refractivity contribution < 1.29 is 27.9 Å². The van der Waals surface area contributed by atoms with E-state index >= 15 is 0 Å². The number of carboxylic acid groups (broad SMARTS) is 1. The molecule has 0 fully saturated rings. The molecule has 0 atom stereocenters. The first kappa shape index (κ1) is 21.2. The quantitative estimate of drug-likeness (QED) is 0.288. The number of halogens is 3. The normalized spacial score (nSPS) is 11.1. The molecule has 0 saturated carbocycles. The maximum absolute atomic E-state index is 12.5. The first-order valence-electron chi connectivity index (χ1n) is 7.08. The highest BCUT2D eigenvalue weighted by molar-refractivity contribution is 7.92. The second kappa shape index (κ2) is 8.26. The van der Waals surface area contributed by atoms with Crippen molar-refractivity contribution in [3.8, 4) is 0 Å². The second-order valence-corrected chi connectivity index (χ2v) is 8.00. The number of carbonyl (C=O) groups is 3. The third-order valence-electron chi connectivity index (χ3n) is 3.29. The lowest BCUT2D eigenvalue weighted by molar-refractivity contribution is -0.148. The topological polar surface area (TPSA) is 118 Å². The van der Waals surface area contributed by atoms with E-state index in [9.17, 15) is 22.8 Å². The summed E-state index contributed by atoms with van der Waals surface area (Å²) in [5.41, 5.74) is -0.0317. The van der Waals surface area contributed by atoms with Crippen LogP contribution in [0.3, 0.4) is 0 Å². The van der Waals surface area contributed by atoms with Gasteiger partial charge in [0.25, 0.3) is 10.0 Å². The minimum atomic E-state index is -4.16. The standard InChI is InChI=1S/C16H10Cl3NO6S/c17-10-4-5-13(15(19)14(10)18)27(25,26)20-9-3-1-2-8(6-9)11(21)7-12(22)16(23)24/h1-6,20H,7H2,(H,23,24). The fraction of sp³-hybridized carbons (Fsp3) is 0.0625. The van der Waals surface area contributed by atoms with Crippen molar-refractivity contribution in [2.75, 3.05) is 4.72 Å². The van der Waals surface area contributed by atoms with Gasteiger partial charge < -0.3 is 5.11 Å². The SMILES string of the molecule is O=C(O)C(=O)CC(=O)c1cccc(NS(=O)(=O)c2ccc(Cl)c(Cl)c2Cl)c1. The second-order valence-electron chi connectivity index (χ2n) is 5.19. The number of nitrogens with one attached hydrogen (secondary N) is 1. The van der Waals surface area contributed by atoms with E-state index in [1.165, 1.54) is 36.4 Å². The molecular formula is C16H10Cl3NO6S. The van der Waals surface area contributed by atoms with E-state index in [1.54, 1.807) is 0 Å². The average molecular weight is 451 g/mol. The van der Waals surface area contributed by atoms with E-state index in [2.05, 4.69) is 4.72 Å². The summed E-state index contributed by atoms with van der Waals surface area (Å²) >= 11 is 17.6. The molecule has 11 heteroatoms. The summed E-state index contributed by atoms with van der Waals surface area (Å²) < 4.78 is 27.3. The largest absolute Gasteiger partial charge is 0.475 e. The minimum Gasteiger partial charge on any atom is -0.475 e. The van der Waals surface area contributed by atoms with Gasteiger partial charge >= 0.3 is 5.97 Å². The van der Waals surface area contributed by atoms with Gasteiger partial charge in [-0.25, -0.2) is 13.2 Å². The average Bonchev–Trinajstić information content (AvgIpc) is 2.59. The number of hydrogen-bond donors (Lipinski definition) is 2. The van der Waals surface area contributed by atoms with E-state index < -0.39 is 34.0 Å². The molecule has 2 N–H and O–H groups in total. The van der Waals surface area contributed by atoms with Crippen LogP contribution in [0.4, 0.5) is 5.69 Å². The van der Waals surface area contributed by atoms with E-state index in [0.717, 1.165) is 0 Å². The highest BCUT2D eigenvalue weighted by Gasteiger charge is 2.22. The molecule has 2 aromatic carbocycles.